The second-order valence-corrected chi connectivity index (χ2v) is 7.05. The summed E-state index contributed by atoms with van der Waals surface area (Å²) in [5.41, 5.74) is 0. The van der Waals surface area contributed by atoms with Gasteiger partial charge in [0.1, 0.15) is 0 Å². The zero-order chi connectivity index (χ0) is 12.3. The molecule has 0 aliphatic heterocycles. The summed E-state index contributed by atoms with van der Waals surface area (Å²) in [6, 6.07) is 0. The van der Waals surface area contributed by atoms with Gasteiger partial charge >= 0.3 is 0 Å². The van der Waals surface area contributed by atoms with Crippen LogP contribution in [-0.4, -0.2) is 53.4 Å². The fraction of sp³-hybridized carbons (Fsp3) is 1.00. The molecule has 16 heavy (non-hydrogen) atoms. The summed E-state index contributed by atoms with van der Waals surface area (Å²) < 4.78 is 22.5. The van der Waals surface area contributed by atoms with E-state index >= 15 is 0 Å². The van der Waals surface area contributed by atoms with E-state index in [-0.39, 0.29) is 0 Å². The van der Waals surface area contributed by atoms with Gasteiger partial charge in [-0.15, -0.1) is 0 Å². The molecule has 4 nitrogen and oxygen atoms in total. The van der Waals surface area contributed by atoms with Crippen LogP contribution >= 0.6 is 0 Å². The second-order valence-electron chi connectivity index (χ2n) is 3.53. The zero-order valence-electron chi connectivity index (χ0n) is 11.1. The largest absolute Gasteiger partial charge is 0.410 e. The van der Waals surface area contributed by atoms with Gasteiger partial charge in [-0.3, -0.25) is 0 Å². The SMILES string of the molecule is CCOC[Si](COCC)(COCC)OCC. The number of ether oxygens (including phenoxy) is 3. The predicted octanol–water partition coefficient (Wildman–Crippen LogP) is 1.70. The van der Waals surface area contributed by atoms with Crippen molar-refractivity contribution in [3.63, 3.8) is 0 Å². The molecule has 0 rings (SSSR count). The van der Waals surface area contributed by atoms with Crippen molar-refractivity contribution in [2.24, 2.45) is 0 Å². The van der Waals surface area contributed by atoms with Gasteiger partial charge in [0.25, 0.3) is 8.32 Å². The molecule has 0 amide bonds. The molecule has 0 fully saturated rings. The van der Waals surface area contributed by atoms with Crippen molar-refractivity contribution in [3.05, 3.63) is 0 Å². The highest BCUT2D eigenvalue weighted by molar-refractivity contribution is 6.73. The van der Waals surface area contributed by atoms with E-state index in [9.17, 15) is 0 Å². The minimum absolute atomic E-state index is 0.650. The molecule has 0 bridgehead atoms. The molecular formula is C11H26O4Si. The highest BCUT2D eigenvalue weighted by atomic mass is 28.4. The summed E-state index contributed by atoms with van der Waals surface area (Å²) in [5, 5.41) is 0. The van der Waals surface area contributed by atoms with Crippen LogP contribution in [0.2, 0.25) is 0 Å². The molecule has 0 aromatic carbocycles. The van der Waals surface area contributed by atoms with Gasteiger partial charge in [-0.2, -0.15) is 0 Å². The summed E-state index contributed by atoms with van der Waals surface area (Å²) in [7, 11) is -2.03. The Hall–Kier alpha value is 0.0569. The Balaban J connectivity index is 4.32. The van der Waals surface area contributed by atoms with Crippen molar-refractivity contribution in [1.29, 1.82) is 0 Å². The monoisotopic (exact) mass is 250 g/mol. The van der Waals surface area contributed by atoms with E-state index in [4.69, 9.17) is 18.6 Å². The minimum Gasteiger partial charge on any atom is -0.410 e. The maximum Gasteiger partial charge on any atom is 0.268 e. The molecule has 0 radical (unpaired) electrons. The fourth-order valence-electron chi connectivity index (χ4n) is 1.42. The van der Waals surface area contributed by atoms with Crippen LogP contribution in [-0.2, 0) is 18.6 Å². The lowest BCUT2D eigenvalue weighted by molar-refractivity contribution is 0.101. The van der Waals surface area contributed by atoms with Gasteiger partial charge in [0.15, 0.2) is 0 Å². The normalized spacial score (nSPS) is 12.0. The first-order chi connectivity index (χ1) is 7.74. The van der Waals surface area contributed by atoms with Crippen molar-refractivity contribution in [1.82, 2.24) is 0 Å². The molecular weight excluding hydrogens is 224 g/mol. The van der Waals surface area contributed by atoms with Crippen molar-refractivity contribution in [3.8, 4) is 0 Å². The van der Waals surface area contributed by atoms with Crippen molar-refractivity contribution >= 4 is 8.32 Å². The van der Waals surface area contributed by atoms with Crippen LogP contribution in [0.3, 0.4) is 0 Å². The van der Waals surface area contributed by atoms with Gasteiger partial charge in [0.2, 0.25) is 0 Å². The Labute approximate surface area is 100 Å². The van der Waals surface area contributed by atoms with Crippen molar-refractivity contribution < 1.29 is 18.6 Å². The number of hydrogen-bond acceptors (Lipinski definition) is 4. The van der Waals surface area contributed by atoms with E-state index in [1.165, 1.54) is 0 Å². The lowest BCUT2D eigenvalue weighted by atomic mass is 10.9. The van der Waals surface area contributed by atoms with E-state index in [2.05, 4.69) is 0 Å². The number of rotatable bonds is 11. The Morgan fingerprint density at radius 1 is 0.625 bits per heavy atom. The maximum atomic E-state index is 5.90. The molecule has 0 spiro atoms. The fourth-order valence-corrected chi connectivity index (χ4v) is 4.26. The van der Waals surface area contributed by atoms with Crippen LogP contribution in [0.25, 0.3) is 0 Å². The molecule has 0 aromatic heterocycles. The van der Waals surface area contributed by atoms with Crippen LogP contribution < -0.4 is 0 Å². The van der Waals surface area contributed by atoms with E-state index in [0.717, 1.165) is 0 Å². The van der Waals surface area contributed by atoms with Gasteiger partial charge in [0.05, 0.1) is 18.7 Å². The van der Waals surface area contributed by atoms with Crippen LogP contribution in [0.1, 0.15) is 27.7 Å². The molecule has 0 saturated carbocycles. The summed E-state index contributed by atoms with van der Waals surface area (Å²) in [5.74, 6) is 0. The maximum absolute atomic E-state index is 5.90. The molecule has 0 aliphatic carbocycles. The minimum atomic E-state index is -2.03. The van der Waals surface area contributed by atoms with Gasteiger partial charge in [-0.05, 0) is 27.7 Å². The topological polar surface area (TPSA) is 36.9 Å². The molecule has 0 N–H and O–H groups in total. The molecule has 0 heterocycles. The molecule has 98 valence electrons. The van der Waals surface area contributed by atoms with Gasteiger partial charge in [-0.1, -0.05) is 0 Å². The lowest BCUT2D eigenvalue weighted by Gasteiger charge is -2.29. The zero-order valence-corrected chi connectivity index (χ0v) is 12.1. The third-order valence-corrected chi connectivity index (χ3v) is 5.25. The van der Waals surface area contributed by atoms with Crippen LogP contribution in [0.15, 0.2) is 0 Å². The molecule has 5 heteroatoms. The molecule has 0 aromatic rings. The Bertz CT molecular complexity index is 133. The summed E-state index contributed by atoms with van der Waals surface area (Å²) in [4.78, 5) is 0. The van der Waals surface area contributed by atoms with Crippen molar-refractivity contribution in [2.45, 2.75) is 27.7 Å². The van der Waals surface area contributed by atoms with E-state index in [1.807, 2.05) is 27.7 Å². The van der Waals surface area contributed by atoms with Gasteiger partial charge in [0, 0.05) is 26.4 Å². The van der Waals surface area contributed by atoms with Gasteiger partial charge < -0.3 is 18.6 Å². The highest BCUT2D eigenvalue weighted by Gasteiger charge is 2.36. The van der Waals surface area contributed by atoms with Crippen LogP contribution in [0.5, 0.6) is 0 Å². The summed E-state index contributed by atoms with van der Waals surface area (Å²) >= 11 is 0. The Kier molecular flexibility index (Phi) is 10.3. The standard InChI is InChI=1S/C11H26O4Si/c1-5-12-9-16(15-8-4,10-13-6-2)11-14-7-3/h5-11H2,1-4H3. The number of hydrogen-bond donors (Lipinski definition) is 0. The quantitative estimate of drug-likeness (QED) is 0.523. The first-order valence-corrected chi connectivity index (χ1v) is 8.64. The molecule has 0 aliphatic rings. The third-order valence-electron chi connectivity index (χ3n) is 2.16. The van der Waals surface area contributed by atoms with Gasteiger partial charge in [-0.25, -0.2) is 0 Å². The molecule has 0 atom stereocenters. The van der Waals surface area contributed by atoms with Crippen LogP contribution in [0, 0.1) is 0 Å². The van der Waals surface area contributed by atoms with Crippen molar-refractivity contribution in [2.75, 3.05) is 45.1 Å². The van der Waals surface area contributed by atoms with E-state index < -0.39 is 8.32 Å². The Morgan fingerprint density at radius 2 is 1.00 bits per heavy atom. The average molecular weight is 250 g/mol. The van der Waals surface area contributed by atoms with E-state index in [0.29, 0.717) is 45.1 Å². The van der Waals surface area contributed by atoms with E-state index in [1.54, 1.807) is 0 Å². The first kappa shape index (κ1) is 16.1. The smallest absolute Gasteiger partial charge is 0.268 e. The highest BCUT2D eigenvalue weighted by Crippen LogP contribution is 2.08. The molecule has 0 unspecified atom stereocenters. The first-order valence-electron chi connectivity index (χ1n) is 6.11. The third kappa shape index (κ3) is 6.60. The summed E-state index contributed by atoms with van der Waals surface area (Å²) in [6.07, 6.45) is 1.95. The average Bonchev–Trinajstić information content (AvgIpc) is 2.31. The second kappa shape index (κ2) is 10.2. The molecule has 0 saturated heterocycles. The predicted molar refractivity (Wildman–Crippen MR) is 66.9 cm³/mol. The van der Waals surface area contributed by atoms with Crippen LogP contribution in [0.4, 0.5) is 0 Å². The summed E-state index contributed by atoms with van der Waals surface area (Å²) in [6.45, 7) is 10.8. The Morgan fingerprint density at radius 3 is 1.25 bits per heavy atom. The lowest BCUT2D eigenvalue weighted by Crippen LogP contribution is -2.54.